The maximum atomic E-state index is 13.4. The monoisotopic (exact) mass is 285 g/mol. The van der Waals surface area contributed by atoms with E-state index in [0.29, 0.717) is 5.02 Å². The first-order valence-corrected chi connectivity index (χ1v) is 7.21. The zero-order chi connectivity index (χ0) is 13.9. The van der Waals surface area contributed by atoms with Gasteiger partial charge in [-0.05, 0) is 50.1 Å². The zero-order valence-corrected chi connectivity index (χ0v) is 12.3. The molecule has 1 N–H and O–H groups in total. The van der Waals surface area contributed by atoms with Gasteiger partial charge < -0.3 is 10.1 Å². The lowest BCUT2D eigenvalue weighted by molar-refractivity contribution is 0.0633. The molecule has 0 radical (unpaired) electrons. The molecule has 2 unspecified atom stereocenters. The van der Waals surface area contributed by atoms with Gasteiger partial charge in [-0.3, -0.25) is 0 Å². The number of hydrogen-bond donors (Lipinski definition) is 1. The maximum absolute atomic E-state index is 13.4. The van der Waals surface area contributed by atoms with Gasteiger partial charge in [0.2, 0.25) is 0 Å². The maximum Gasteiger partial charge on any atom is 0.123 e. The van der Waals surface area contributed by atoms with Crippen LogP contribution >= 0.6 is 11.6 Å². The summed E-state index contributed by atoms with van der Waals surface area (Å²) >= 11 is 6.19. The van der Waals surface area contributed by atoms with E-state index in [0.717, 1.165) is 38.1 Å². The molecule has 0 spiro atoms. The Balaban J connectivity index is 2.22. The van der Waals surface area contributed by atoms with Gasteiger partial charge in [0.15, 0.2) is 0 Å². The molecule has 1 aliphatic rings. The quantitative estimate of drug-likeness (QED) is 0.895. The van der Waals surface area contributed by atoms with E-state index >= 15 is 0 Å². The Bertz CT molecular complexity index is 440. The van der Waals surface area contributed by atoms with Crippen LogP contribution in [0.1, 0.15) is 25.8 Å². The highest BCUT2D eigenvalue weighted by Crippen LogP contribution is 2.39. The molecular formula is C15H21ClFNO. The van der Waals surface area contributed by atoms with Crippen LogP contribution in [0.2, 0.25) is 5.02 Å². The van der Waals surface area contributed by atoms with Crippen LogP contribution in [0.3, 0.4) is 0 Å². The number of rotatable bonds is 5. The summed E-state index contributed by atoms with van der Waals surface area (Å²) < 4.78 is 19.1. The summed E-state index contributed by atoms with van der Waals surface area (Å²) in [5.74, 6) is -0.232. The minimum atomic E-state index is -0.232. The highest BCUT2D eigenvalue weighted by molar-refractivity contribution is 6.31. The summed E-state index contributed by atoms with van der Waals surface area (Å²) in [7, 11) is 0. The summed E-state index contributed by atoms with van der Waals surface area (Å²) in [4.78, 5) is 0. The minimum Gasteiger partial charge on any atom is -0.378 e. The molecule has 19 heavy (non-hydrogen) atoms. The molecule has 4 heteroatoms. The highest BCUT2D eigenvalue weighted by atomic mass is 35.5. The molecule has 106 valence electrons. The van der Waals surface area contributed by atoms with E-state index in [1.165, 1.54) is 6.07 Å². The molecule has 0 aromatic heterocycles. The van der Waals surface area contributed by atoms with Crippen molar-refractivity contribution in [2.45, 2.75) is 32.8 Å². The second-order valence-electron chi connectivity index (χ2n) is 5.32. The van der Waals surface area contributed by atoms with Crippen molar-refractivity contribution in [1.82, 2.24) is 5.32 Å². The number of halogens is 2. The average Bonchev–Trinajstić information content (AvgIpc) is 2.73. The van der Waals surface area contributed by atoms with Crippen LogP contribution in [0.5, 0.6) is 0 Å². The topological polar surface area (TPSA) is 21.3 Å². The molecule has 2 nitrogen and oxygen atoms in total. The van der Waals surface area contributed by atoms with Crippen LogP contribution in [0.4, 0.5) is 4.39 Å². The summed E-state index contributed by atoms with van der Waals surface area (Å²) in [6.07, 6.45) is 1.89. The normalized spacial score (nSPS) is 26.8. The van der Waals surface area contributed by atoms with Gasteiger partial charge in [-0.1, -0.05) is 18.5 Å². The molecule has 1 aliphatic heterocycles. The Labute approximate surface area is 119 Å². The molecule has 0 bridgehead atoms. The van der Waals surface area contributed by atoms with Gasteiger partial charge in [-0.2, -0.15) is 0 Å². The first-order chi connectivity index (χ1) is 9.07. The van der Waals surface area contributed by atoms with E-state index < -0.39 is 0 Å². The fourth-order valence-corrected chi connectivity index (χ4v) is 2.96. The third kappa shape index (κ3) is 3.28. The lowest BCUT2D eigenvalue weighted by atomic mass is 9.76. The van der Waals surface area contributed by atoms with Crippen molar-refractivity contribution < 1.29 is 9.13 Å². The van der Waals surface area contributed by atoms with Crippen molar-refractivity contribution in [3.8, 4) is 0 Å². The van der Waals surface area contributed by atoms with E-state index in [4.69, 9.17) is 16.3 Å². The van der Waals surface area contributed by atoms with Crippen molar-refractivity contribution in [3.63, 3.8) is 0 Å². The molecule has 1 heterocycles. The van der Waals surface area contributed by atoms with Gasteiger partial charge in [0.1, 0.15) is 5.82 Å². The molecule has 1 aromatic rings. The lowest BCUT2D eigenvalue weighted by Gasteiger charge is -2.33. The highest BCUT2D eigenvalue weighted by Gasteiger charge is 2.41. The van der Waals surface area contributed by atoms with Crippen LogP contribution in [-0.4, -0.2) is 25.8 Å². The van der Waals surface area contributed by atoms with Crippen LogP contribution in [0.25, 0.3) is 0 Å². The third-order valence-electron chi connectivity index (χ3n) is 4.11. The van der Waals surface area contributed by atoms with E-state index in [1.54, 1.807) is 12.1 Å². The molecule has 1 saturated heterocycles. The molecule has 2 atom stereocenters. The van der Waals surface area contributed by atoms with Crippen molar-refractivity contribution in [2.24, 2.45) is 5.41 Å². The van der Waals surface area contributed by atoms with Gasteiger partial charge in [0, 0.05) is 23.6 Å². The number of hydrogen-bond acceptors (Lipinski definition) is 2. The molecular weight excluding hydrogens is 265 g/mol. The van der Waals surface area contributed by atoms with Crippen molar-refractivity contribution in [1.29, 1.82) is 0 Å². The Morgan fingerprint density at radius 2 is 2.32 bits per heavy atom. The van der Waals surface area contributed by atoms with E-state index in [-0.39, 0.29) is 17.3 Å². The predicted octanol–water partition coefficient (Wildman–Crippen LogP) is 3.43. The first-order valence-electron chi connectivity index (χ1n) is 6.83. The average molecular weight is 286 g/mol. The molecule has 1 aromatic carbocycles. The standard InChI is InChI=1S/C15H21ClFNO/c1-3-18-10-15(6-7-19-11(15)2)9-12-8-13(17)4-5-14(12)16/h4-5,8,11,18H,3,6-7,9-10H2,1-2H3. The van der Waals surface area contributed by atoms with Crippen LogP contribution < -0.4 is 5.32 Å². The molecule has 0 aliphatic carbocycles. The lowest BCUT2D eigenvalue weighted by Crippen LogP contribution is -2.41. The molecule has 0 saturated carbocycles. The fraction of sp³-hybridized carbons (Fsp3) is 0.600. The minimum absolute atomic E-state index is 0.00738. The number of nitrogens with one attached hydrogen (secondary N) is 1. The summed E-state index contributed by atoms with van der Waals surface area (Å²) in [5, 5.41) is 4.03. The Morgan fingerprint density at radius 1 is 1.53 bits per heavy atom. The van der Waals surface area contributed by atoms with Crippen molar-refractivity contribution >= 4 is 11.6 Å². The fourth-order valence-electron chi connectivity index (χ4n) is 2.78. The Hall–Kier alpha value is -0.640. The summed E-state index contributed by atoms with van der Waals surface area (Å²) in [6.45, 7) is 6.74. The van der Waals surface area contributed by atoms with E-state index in [9.17, 15) is 4.39 Å². The summed E-state index contributed by atoms with van der Waals surface area (Å²) in [5.41, 5.74) is 0.880. The predicted molar refractivity (Wildman–Crippen MR) is 76.1 cm³/mol. The van der Waals surface area contributed by atoms with E-state index in [1.807, 2.05) is 0 Å². The van der Waals surface area contributed by atoms with Crippen molar-refractivity contribution in [2.75, 3.05) is 19.7 Å². The van der Waals surface area contributed by atoms with Crippen LogP contribution in [-0.2, 0) is 11.2 Å². The zero-order valence-electron chi connectivity index (χ0n) is 11.5. The molecule has 0 amide bonds. The van der Waals surface area contributed by atoms with Gasteiger partial charge in [-0.25, -0.2) is 4.39 Å². The van der Waals surface area contributed by atoms with E-state index in [2.05, 4.69) is 19.2 Å². The van der Waals surface area contributed by atoms with Gasteiger partial charge in [0.05, 0.1) is 6.10 Å². The first kappa shape index (κ1) is 14.8. The summed E-state index contributed by atoms with van der Waals surface area (Å²) in [6, 6.07) is 4.58. The largest absolute Gasteiger partial charge is 0.378 e. The third-order valence-corrected chi connectivity index (χ3v) is 4.48. The van der Waals surface area contributed by atoms with Gasteiger partial charge in [0.25, 0.3) is 0 Å². The smallest absolute Gasteiger partial charge is 0.123 e. The Kier molecular flexibility index (Phi) is 4.82. The van der Waals surface area contributed by atoms with Crippen LogP contribution in [0.15, 0.2) is 18.2 Å². The van der Waals surface area contributed by atoms with Crippen molar-refractivity contribution in [3.05, 3.63) is 34.6 Å². The second kappa shape index (κ2) is 6.21. The van der Waals surface area contributed by atoms with Gasteiger partial charge in [-0.15, -0.1) is 0 Å². The second-order valence-corrected chi connectivity index (χ2v) is 5.73. The molecule has 1 fully saturated rings. The molecule has 2 rings (SSSR count). The number of benzene rings is 1. The SMILES string of the molecule is CCNCC1(Cc2cc(F)ccc2Cl)CCOC1C. The number of ether oxygens (including phenoxy) is 1. The Morgan fingerprint density at radius 3 is 2.95 bits per heavy atom. The van der Waals surface area contributed by atoms with Crippen LogP contribution in [0, 0.1) is 11.2 Å². The van der Waals surface area contributed by atoms with Gasteiger partial charge >= 0.3 is 0 Å².